The third-order valence-electron chi connectivity index (χ3n) is 8.68. The highest BCUT2D eigenvalue weighted by Gasteiger charge is 2.23. The molecule has 1 aliphatic rings. The Labute approximate surface area is 327 Å². The molecule has 5 N–H and O–H groups in total. The van der Waals surface area contributed by atoms with Gasteiger partial charge in [-0.1, -0.05) is 55.4 Å². The molecule has 0 radical (unpaired) electrons. The highest BCUT2D eigenvalue weighted by Crippen LogP contribution is 2.32. The molecule has 0 aliphatic heterocycles. The molecule has 5 aromatic heterocycles. The number of H-pyrrole nitrogens is 2. The second-order valence-electron chi connectivity index (χ2n) is 12.7. The van der Waals surface area contributed by atoms with Crippen LogP contribution >= 0.6 is 23.2 Å². The van der Waals surface area contributed by atoms with Crippen LogP contribution in [0.3, 0.4) is 0 Å². The molecule has 0 unspecified atom stereocenters. The first-order valence-electron chi connectivity index (χ1n) is 16.9. The zero-order valence-electron chi connectivity index (χ0n) is 28.5. The van der Waals surface area contributed by atoms with Crippen LogP contribution in [0.2, 0.25) is 10.0 Å². The summed E-state index contributed by atoms with van der Waals surface area (Å²) in [6, 6.07) is 20.3. The molecule has 3 aromatic carbocycles. The van der Waals surface area contributed by atoms with Gasteiger partial charge < -0.3 is 35.8 Å². The van der Waals surface area contributed by atoms with Gasteiger partial charge in [0.2, 0.25) is 0 Å². The third kappa shape index (κ3) is 8.01. The van der Waals surface area contributed by atoms with Crippen LogP contribution < -0.4 is 37.4 Å². The SMILES string of the molecule is C.C=c1[nH]c(=O)[nH]/c1=C\c1cnn2c(NC3CC3)cc(Nc3cc(Cl)ccc3F)nc12.O=C([O-])c1ccc2c(c1)nc(Nc1cccc(Cl)c1)c1ccncc12. The molecule has 9 rings (SSSR count). The van der Waals surface area contributed by atoms with E-state index in [4.69, 9.17) is 23.2 Å². The van der Waals surface area contributed by atoms with Gasteiger partial charge in [0.05, 0.1) is 34.1 Å². The fourth-order valence-electron chi connectivity index (χ4n) is 5.90. The largest absolute Gasteiger partial charge is 0.545 e. The zero-order chi connectivity index (χ0) is 38.2. The van der Waals surface area contributed by atoms with Crippen LogP contribution in [-0.4, -0.2) is 46.5 Å². The number of aromatic amines is 2. The van der Waals surface area contributed by atoms with Crippen molar-refractivity contribution in [1.29, 1.82) is 0 Å². The summed E-state index contributed by atoms with van der Waals surface area (Å²) in [6.45, 7) is 3.81. The van der Waals surface area contributed by atoms with E-state index >= 15 is 0 Å². The van der Waals surface area contributed by atoms with E-state index in [1.807, 2.05) is 18.2 Å². The van der Waals surface area contributed by atoms with E-state index in [0.29, 0.717) is 55.1 Å². The van der Waals surface area contributed by atoms with Gasteiger partial charge in [-0.2, -0.15) is 9.61 Å². The predicted octanol–water partition coefficient (Wildman–Crippen LogP) is 6.27. The molecule has 5 heterocycles. The van der Waals surface area contributed by atoms with Crippen LogP contribution in [0, 0.1) is 5.82 Å². The van der Waals surface area contributed by atoms with Crippen LogP contribution in [-0.2, 0) is 0 Å². The lowest BCUT2D eigenvalue weighted by Crippen LogP contribution is -2.22. The van der Waals surface area contributed by atoms with Gasteiger partial charge in [-0.25, -0.2) is 19.2 Å². The molecule has 16 heteroatoms. The zero-order valence-corrected chi connectivity index (χ0v) is 30.0. The summed E-state index contributed by atoms with van der Waals surface area (Å²) in [5, 5.41) is 29.8. The summed E-state index contributed by atoms with van der Waals surface area (Å²) in [5.74, 6) is 0.0792. The number of nitrogens with zero attached hydrogens (tertiary/aromatic N) is 5. The molecule has 0 amide bonds. The molecular formula is C40H32Cl2FN10O3-. The molecule has 0 saturated heterocycles. The van der Waals surface area contributed by atoms with Crippen LogP contribution in [0.15, 0.2) is 96.2 Å². The van der Waals surface area contributed by atoms with Gasteiger partial charge in [-0.3, -0.25) is 4.98 Å². The quantitative estimate of drug-likeness (QED) is 0.110. The Morgan fingerprint density at radius 2 is 1.77 bits per heavy atom. The molecule has 0 bridgehead atoms. The number of carboxylic acids is 1. The number of hydrogen-bond donors (Lipinski definition) is 5. The van der Waals surface area contributed by atoms with E-state index in [-0.39, 0.29) is 24.4 Å². The molecule has 0 atom stereocenters. The molecule has 0 spiro atoms. The molecule has 282 valence electrons. The van der Waals surface area contributed by atoms with Gasteiger partial charge in [0, 0.05) is 62.0 Å². The summed E-state index contributed by atoms with van der Waals surface area (Å²) in [6.07, 6.45) is 8.96. The summed E-state index contributed by atoms with van der Waals surface area (Å²) in [7, 11) is 0. The number of pyridine rings is 2. The lowest BCUT2D eigenvalue weighted by atomic mass is 10.1. The van der Waals surface area contributed by atoms with Crippen molar-refractivity contribution in [3.05, 3.63) is 140 Å². The van der Waals surface area contributed by atoms with Gasteiger partial charge in [0.1, 0.15) is 23.3 Å². The summed E-state index contributed by atoms with van der Waals surface area (Å²) >= 11 is 12.0. The van der Waals surface area contributed by atoms with E-state index in [9.17, 15) is 19.1 Å². The Morgan fingerprint density at radius 3 is 2.52 bits per heavy atom. The topological polar surface area (TPSA) is 181 Å². The Bertz CT molecular complexity index is 2960. The molecule has 1 aliphatic carbocycles. The first kappa shape index (κ1) is 37.5. The second-order valence-corrected chi connectivity index (χ2v) is 13.6. The van der Waals surface area contributed by atoms with E-state index in [1.54, 1.807) is 53.4 Å². The lowest BCUT2D eigenvalue weighted by molar-refractivity contribution is -0.255. The van der Waals surface area contributed by atoms with Gasteiger partial charge in [0.15, 0.2) is 5.65 Å². The molecule has 1 fully saturated rings. The summed E-state index contributed by atoms with van der Waals surface area (Å²) in [5.41, 5.74) is 2.50. The Balaban J connectivity index is 0.000000171. The van der Waals surface area contributed by atoms with Crippen molar-refractivity contribution in [1.82, 2.24) is 34.5 Å². The van der Waals surface area contributed by atoms with Crippen molar-refractivity contribution in [3.63, 3.8) is 0 Å². The van der Waals surface area contributed by atoms with E-state index in [0.717, 1.165) is 40.5 Å². The first-order valence-corrected chi connectivity index (χ1v) is 17.6. The lowest BCUT2D eigenvalue weighted by Gasteiger charge is -2.12. The smallest absolute Gasteiger partial charge is 0.323 e. The number of aromatic carboxylic acids is 1. The van der Waals surface area contributed by atoms with Crippen molar-refractivity contribution >= 4 is 98.0 Å². The van der Waals surface area contributed by atoms with E-state index in [1.165, 1.54) is 30.3 Å². The maximum atomic E-state index is 14.2. The van der Waals surface area contributed by atoms with Crippen molar-refractivity contribution in [2.24, 2.45) is 0 Å². The van der Waals surface area contributed by atoms with Crippen molar-refractivity contribution in [3.8, 4) is 0 Å². The maximum absolute atomic E-state index is 14.2. The molecule has 56 heavy (non-hydrogen) atoms. The number of fused-ring (bicyclic) bond motifs is 4. The first-order chi connectivity index (χ1) is 26.6. The van der Waals surface area contributed by atoms with Crippen molar-refractivity contribution in [2.45, 2.75) is 26.3 Å². The number of anilines is 5. The number of carbonyl (C=O) groups excluding carboxylic acids is 1. The molecular weight excluding hydrogens is 758 g/mol. The highest BCUT2D eigenvalue weighted by molar-refractivity contribution is 6.31. The van der Waals surface area contributed by atoms with Crippen LogP contribution in [0.25, 0.3) is 40.0 Å². The van der Waals surface area contributed by atoms with E-state index < -0.39 is 11.8 Å². The Morgan fingerprint density at radius 1 is 0.946 bits per heavy atom. The minimum absolute atomic E-state index is 0. The third-order valence-corrected chi connectivity index (χ3v) is 9.15. The normalized spacial score (nSPS) is 12.6. The van der Waals surface area contributed by atoms with Crippen LogP contribution in [0.4, 0.5) is 33.2 Å². The van der Waals surface area contributed by atoms with Crippen LogP contribution in [0.1, 0.15) is 36.2 Å². The second kappa shape index (κ2) is 15.5. The number of carboxylic acid groups (broad SMARTS) is 1. The average Bonchev–Trinajstić information content (AvgIpc) is 3.80. The van der Waals surface area contributed by atoms with Gasteiger partial charge in [-0.05, 0) is 73.0 Å². The number of aromatic nitrogens is 7. The Hall–Kier alpha value is -6.77. The standard InChI is InChI=1S/C20H17ClFN7O.C19H12ClN3O2.CH4/c1-10-15(27-20(30)24-10)6-11-9-23-29-18(25-13-3-4-13)8-17(28-19(11)29)26-16-7-12(21)2-5-14(16)22;20-12-2-1-3-13(9-12)22-18-15-6-7-21-10-16(15)14-5-4-11(19(24)25)8-17(14)23-18;/h2,5-9,13,25H,1,3-4H2,(H,26,28)(H2,24,27,30);1-10H,(H,22,23)(H,24,25);1H4/p-1/b15-6-;;. The molecule has 8 aromatic rings. The summed E-state index contributed by atoms with van der Waals surface area (Å²) < 4.78 is 15.9. The van der Waals surface area contributed by atoms with Gasteiger partial charge in [-0.15, -0.1) is 0 Å². The maximum Gasteiger partial charge on any atom is 0.323 e. The Kier molecular flexibility index (Phi) is 10.4. The fraction of sp³-hybridized carbons (Fsp3) is 0.100. The fourth-order valence-corrected chi connectivity index (χ4v) is 6.26. The number of halogens is 3. The summed E-state index contributed by atoms with van der Waals surface area (Å²) in [4.78, 5) is 41.3. The molecule has 1 saturated carbocycles. The van der Waals surface area contributed by atoms with Crippen molar-refractivity contribution < 1.29 is 14.3 Å². The van der Waals surface area contributed by atoms with Crippen molar-refractivity contribution in [2.75, 3.05) is 16.0 Å². The highest BCUT2D eigenvalue weighted by atomic mass is 35.5. The number of benzene rings is 3. The number of imidazole rings is 1. The van der Waals surface area contributed by atoms with Gasteiger partial charge in [0.25, 0.3) is 0 Å². The average molecular weight is 791 g/mol. The predicted molar refractivity (Wildman–Crippen MR) is 217 cm³/mol. The van der Waals surface area contributed by atoms with Gasteiger partial charge >= 0.3 is 5.69 Å². The monoisotopic (exact) mass is 789 g/mol. The van der Waals surface area contributed by atoms with E-state index in [2.05, 4.69) is 52.5 Å². The minimum atomic E-state index is -1.24. The minimum Gasteiger partial charge on any atom is -0.545 e. The number of nitrogens with one attached hydrogen (secondary N) is 5. The number of carbonyl (C=O) groups is 1. The van der Waals surface area contributed by atoms with Crippen LogP contribution in [0.5, 0.6) is 0 Å². The number of rotatable bonds is 8. The number of hydrogen-bond acceptors (Lipinski definition) is 10. The molecule has 13 nitrogen and oxygen atoms in total.